The SMILES string of the molecule is CCS(=O)(=O)c1ccc(CC(=O)Nc2cc(C)nn2Cc2ccccc2)cc1. The topological polar surface area (TPSA) is 81.1 Å². The molecule has 1 heterocycles. The van der Waals surface area contributed by atoms with E-state index >= 15 is 0 Å². The Bertz CT molecular complexity index is 1060. The first-order valence-corrected chi connectivity index (χ1v) is 10.7. The summed E-state index contributed by atoms with van der Waals surface area (Å²) in [7, 11) is -3.24. The molecule has 1 N–H and O–H groups in total. The van der Waals surface area contributed by atoms with Crippen molar-refractivity contribution in [3.05, 3.63) is 77.5 Å². The summed E-state index contributed by atoms with van der Waals surface area (Å²) in [5, 5.41) is 7.35. The Labute approximate surface area is 165 Å². The highest BCUT2D eigenvalue weighted by Gasteiger charge is 2.13. The van der Waals surface area contributed by atoms with Crippen LogP contribution in [0.15, 0.2) is 65.6 Å². The van der Waals surface area contributed by atoms with Crippen molar-refractivity contribution in [2.24, 2.45) is 0 Å². The van der Waals surface area contributed by atoms with Gasteiger partial charge in [-0.1, -0.05) is 49.4 Å². The Morgan fingerprint density at radius 1 is 1.04 bits per heavy atom. The number of carbonyl (C=O) groups excluding carboxylic acids is 1. The van der Waals surface area contributed by atoms with Gasteiger partial charge >= 0.3 is 0 Å². The minimum absolute atomic E-state index is 0.0532. The van der Waals surface area contributed by atoms with Crippen molar-refractivity contribution < 1.29 is 13.2 Å². The van der Waals surface area contributed by atoms with Gasteiger partial charge in [0.05, 0.1) is 29.3 Å². The van der Waals surface area contributed by atoms with Crippen LogP contribution in [0.25, 0.3) is 0 Å². The number of carbonyl (C=O) groups is 1. The van der Waals surface area contributed by atoms with Crippen LogP contribution in [0, 0.1) is 6.92 Å². The molecule has 0 bridgehead atoms. The van der Waals surface area contributed by atoms with Crippen LogP contribution in [0.2, 0.25) is 0 Å². The first-order valence-electron chi connectivity index (χ1n) is 9.07. The van der Waals surface area contributed by atoms with Crippen LogP contribution in [0.3, 0.4) is 0 Å². The molecule has 0 aliphatic rings. The van der Waals surface area contributed by atoms with E-state index < -0.39 is 9.84 Å². The molecule has 2 aromatic carbocycles. The predicted octanol–water partition coefficient (Wildman–Crippen LogP) is 3.21. The second-order valence-electron chi connectivity index (χ2n) is 6.59. The number of anilines is 1. The maximum Gasteiger partial charge on any atom is 0.229 e. The molecule has 1 aromatic heterocycles. The molecular weight excluding hydrogens is 374 g/mol. The average Bonchev–Trinajstić information content (AvgIpc) is 3.01. The summed E-state index contributed by atoms with van der Waals surface area (Å²) in [6.45, 7) is 4.05. The monoisotopic (exact) mass is 397 g/mol. The van der Waals surface area contributed by atoms with E-state index in [1.807, 2.05) is 43.3 Å². The quantitative estimate of drug-likeness (QED) is 0.664. The highest BCUT2D eigenvalue weighted by molar-refractivity contribution is 7.91. The van der Waals surface area contributed by atoms with E-state index in [-0.39, 0.29) is 23.0 Å². The zero-order chi connectivity index (χ0) is 20.1. The zero-order valence-electron chi connectivity index (χ0n) is 15.9. The van der Waals surface area contributed by atoms with E-state index in [4.69, 9.17) is 0 Å². The van der Waals surface area contributed by atoms with Crippen LogP contribution in [0.5, 0.6) is 0 Å². The van der Waals surface area contributed by atoms with Crippen molar-refractivity contribution in [1.29, 1.82) is 0 Å². The fourth-order valence-corrected chi connectivity index (χ4v) is 3.76. The molecular formula is C21H23N3O3S. The first-order chi connectivity index (χ1) is 13.4. The number of rotatable bonds is 7. The summed E-state index contributed by atoms with van der Waals surface area (Å²) >= 11 is 0. The van der Waals surface area contributed by atoms with Crippen LogP contribution in [-0.2, 0) is 27.6 Å². The molecule has 7 heteroatoms. The van der Waals surface area contributed by atoms with Gasteiger partial charge in [0.15, 0.2) is 9.84 Å². The molecule has 0 radical (unpaired) electrons. The smallest absolute Gasteiger partial charge is 0.229 e. The van der Waals surface area contributed by atoms with Gasteiger partial charge in [0.25, 0.3) is 0 Å². The lowest BCUT2D eigenvalue weighted by molar-refractivity contribution is -0.115. The number of hydrogen-bond acceptors (Lipinski definition) is 4. The maximum absolute atomic E-state index is 12.5. The molecule has 3 rings (SSSR count). The Hall–Kier alpha value is -2.93. The lowest BCUT2D eigenvalue weighted by Gasteiger charge is -2.09. The van der Waals surface area contributed by atoms with E-state index in [9.17, 15) is 13.2 Å². The number of amides is 1. The van der Waals surface area contributed by atoms with E-state index in [0.717, 1.165) is 16.8 Å². The fraction of sp³-hybridized carbons (Fsp3) is 0.238. The molecule has 0 unspecified atom stereocenters. The van der Waals surface area contributed by atoms with Crippen molar-refractivity contribution in [3.8, 4) is 0 Å². The molecule has 0 aliphatic carbocycles. The third kappa shape index (κ3) is 4.86. The van der Waals surface area contributed by atoms with Gasteiger partial charge in [-0.25, -0.2) is 13.1 Å². The molecule has 6 nitrogen and oxygen atoms in total. The third-order valence-corrected chi connectivity index (χ3v) is 6.12. The largest absolute Gasteiger partial charge is 0.311 e. The highest BCUT2D eigenvalue weighted by atomic mass is 32.2. The van der Waals surface area contributed by atoms with Gasteiger partial charge in [-0.3, -0.25) is 4.79 Å². The zero-order valence-corrected chi connectivity index (χ0v) is 16.7. The Kier molecular flexibility index (Phi) is 5.94. The number of nitrogens with zero attached hydrogens (tertiary/aromatic N) is 2. The minimum atomic E-state index is -3.24. The van der Waals surface area contributed by atoms with Gasteiger partial charge in [-0.2, -0.15) is 5.10 Å². The van der Waals surface area contributed by atoms with Crippen molar-refractivity contribution >= 4 is 21.6 Å². The van der Waals surface area contributed by atoms with E-state index in [0.29, 0.717) is 12.4 Å². The standard InChI is InChI=1S/C21H23N3O3S/c1-3-28(26,27)19-11-9-17(10-12-19)14-21(25)22-20-13-16(2)23-24(20)15-18-7-5-4-6-8-18/h4-13H,3,14-15H2,1-2H3,(H,22,25). The summed E-state index contributed by atoms with van der Waals surface area (Å²) in [5.74, 6) is 0.509. The van der Waals surface area contributed by atoms with Gasteiger partial charge in [0.1, 0.15) is 5.82 Å². The number of hydrogen-bond donors (Lipinski definition) is 1. The molecule has 1 amide bonds. The normalized spacial score (nSPS) is 11.4. The van der Waals surface area contributed by atoms with Crippen molar-refractivity contribution in [3.63, 3.8) is 0 Å². The Morgan fingerprint density at radius 2 is 1.71 bits per heavy atom. The number of sulfone groups is 1. The van der Waals surface area contributed by atoms with Gasteiger partial charge < -0.3 is 5.32 Å². The Balaban J connectivity index is 1.68. The number of aryl methyl sites for hydroxylation is 1. The molecule has 0 aliphatic heterocycles. The molecule has 0 saturated carbocycles. The van der Waals surface area contributed by atoms with Crippen LogP contribution < -0.4 is 5.32 Å². The number of benzene rings is 2. The van der Waals surface area contributed by atoms with Gasteiger partial charge in [-0.15, -0.1) is 0 Å². The molecule has 0 saturated heterocycles. The predicted molar refractivity (Wildman–Crippen MR) is 109 cm³/mol. The average molecular weight is 398 g/mol. The summed E-state index contributed by atoms with van der Waals surface area (Å²) in [4.78, 5) is 12.7. The van der Waals surface area contributed by atoms with Crippen molar-refractivity contribution in [2.45, 2.75) is 31.7 Å². The molecule has 0 fully saturated rings. The second kappa shape index (κ2) is 8.39. The maximum atomic E-state index is 12.5. The minimum Gasteiger partial charge on any atom is -0.311 e. The first kappa shape index (κ1) is 19.8. The fourth-order valence-electron chi connectivity index (χ4n) is 2.88. The summed E-state index contributed by atoms with van der Waals surface area (Å²) < 4.78 is 25.5. The van der Waals surface area contributed by atoms with Crippen LogP contribution >= 0.6 is 0 Å². The van der Waals surface area contributed by atoms with Crippen molar-refractivity contribution in [2.75, 3.05) is 11.1 Å². The second-order valence-corrected chi connectivity index (χ2v) is 8.86. The van der Waals surface area contributed by atoms with E-state index in [2.05, 4.69) is 10.4 Å². The van der Waals surface area contributed by atoms with Crippen molar-refractivity contribution in [1.82, 2.24) is 9.78 Å². The molecule has 3 aromatic rings. The molecule has 28 heavy (non-hydrogen) atoms. The Morgan fingerprint density at radius 3 is 2.36 bits per heavy atom. The lowest BCUT2D eigenvalue weighted by atomic mass is 10.1. The van der Waals surface area contributed by atoms with Gasteiger partial charge in [-0.05, 0) is 30.2 Å². The molecule has 146 valence electrons. The van der Waals surface area contributed by atoms with Gasteiger partial charge in [0.2, 0.25) is 5.91 Å². The van der Waals surface area contributed by atoms with E-state index in [1.165, 1.54) is 0 Å². The summed E-state index contributed by atoms with van der Waals surface area (Å²) in [5.41, 5.74) is 2.66. The number of aromatic nitrogens is 2. The van der Waals surface area contributed by atoms with Crippen LogP contribution in [0.1, 0.15) is 23.7 Å². The lowest BCUT2D eigenvalue weighted by Crippen LogP contribution is -2.18. The molecule has 0 spiro atoms. The van der Waals surface area contributed by atoms with Crippen LogP contribution in [0.4, 0.5) is 5.82 Å². The third-order valence-electron chi connectivity index (χ3n) is 4.37. The highest BCUT2D eigenvalue weighted by Crippen LogP contribution is 2.15. The summed E-state index contributed by atoms with van der Waals surface area (Å²) in [6, 6.07) is 18.2. The van der Waals surface area contributed by atoms with Gasteiger partial charge in [0, 0.05) is 6.07 Å². The van der Waals surface area contributed by atoms with E-state index in [1.54, 1.807) is 35.9 Å². The van der Waals surface area contributed by atoms with Crippen LogP contribution in [-0.4, -0.2) is 29.9 Å². The number of nitrogens with one attached hydrogen (secondary N) is 1. The summed E-state index contributed by atoms with van der Waals surface area (Å²) in [6.07, 6.45) is 0.155. The molecule has 0 atom stereocenters.